The van der Waals surface area contributed by atoms with Gasteiger partial charge in [0.15, 0.2) is 11.5 Å². The van der Waals surface area contributed by atoms with Gasteiger partial charge in [-0.05, 0) is 43.7 Å². The molecule has 1 aliphatic rings. The third kappa shape index (κ3) is 4.20. The Hall–Kier alpha value is -4.26. The Morgan fingerprint density at radius 1 is 0.882 bits per heavy atom. The first-order valence-electron chi connectivity index (χ1n) is 11.0. The number of phenolic OH excluding ortho intramolecular Hbond substituents is 1. The van der Waals surface area contributed by atoms with Crippen LogP contribution in [0.15, 0.2) is 78.4 Å². The molecule has 1 amide bonds. The van der Waals surface area contributed by atoms with Gasteiger partial charge in [0.05, 0.1) is 24.8 Å². The molecular formula is C27H25NO6. The summed E-state index contributed by atoms with van der Waals surface area (Å²) in [5, 5.41) is 20.9. The number of anilines is 1. The van der Waals surface area contributed by atoms with E-state index in [0.29, 0.717) is 41.5 Å². The summed E-state index contributed by atoms with van der Waals surface area (Å²) in [7, 11) is 0. The number of aromatic hydroxyl groups is 1. The first-order chi connectivity index (χ1) is 16.5. The van der Waals surface area contributed by atoms with Gasteiger partial charge in [0.1, 0.15) is 11.5 Å². The van der Waals surface area contributed by atoms with Gasteiger partial charge in [-0.15, -0.1) is 0 Å². The topological polar surface area (TPSA) is 96.3 Å². The summed E-state index contributed by atoms with van der Waals surface area (Å²) in [6.45, 7) is 4.52. The number of hydrogen-bond donors (Lipinski definition) is 2. The summed E-state index contributed by atoms with van der Waals surface area (Å²) >= 11 is 0. The summed E-state index contributed by atoms with van der Waals surface area (Å²) in [5.74, 6) is -0.834. The molecule has 174 valence electrons. The van der Waals surface area contributed by atoms with E-state index in [1.54, 1.807) is 60.7 Å². The van der Waals surface area contributed by atoms with Crippen molar-refractivity contribution in [3.63, 3.8) is 0 Å². The van der Waals surface area contributed by atoms with Gasteiger partial charge >= 0.3 is 0 Å². The predicted octanol–water partition coefficient (Wildman–Crippen LogP) is 4.82. The Balaban J connectivity index is 1.91. The number of hydrogen-bond acceptors (Lipinski definition) is 6. The lowest BCUT2D eigenvalue weighted by molar-refractivity contribution is -0.132. The molecule has 7 heteroatoms. The maximum absolute atomic E-state index is 13.3. The molecule has 0 bridgehead atoms. The molecule has 0 radical (unpaired) electrons. The minimum Gasteiger partial charge on any atom is -0.508 e. The molecule has 3 aromatic rings. The number of aliphatic hydroxyl groups excluding tert-OH is 1. The molecule has 1 aliphatic heterocycles. The van der Waals surface area contributed by atoms with Crippen LogP contribution in [0.3, 0.4) is 0 Å². The summed E-state index contributed by atoms with van der Waals surface area (Å²) in [6, 6.07) is 18.9. The number of phenols is 1. The van der Waals surface area contributed by atoms with Crippen LogP contribution in [0.25, 0.3) is 5.76 Å². The van der Waals surface area contributed by atoms with E-state index < -0.39 is 17.7 Å². The first-order valence-corrected chi connectivity index (χ1v) is 11.0. The van der Waals surface area contributed by atoms with Crippen LogP contribution < -0.4 is 14.4 Å². The molecule has 1 saturated heterocycles. The van der Waals surface area contributed by atoms with Crippen molar-refractivity contribution in [3.8, 4) is 17.2 Å². The fourth-order valence-corrected chi connectivity index (χ4v) is 4.01. The summed E-state index contributed by atoms with van der Waals surface area (Å²) in [5.41, 5.74) is 1.36. The van der Waals surface area contributed by atoms with Gasteiger partial charge in [-0.1, -0.05) is 42.5 Å². The quantitative estimate of drug-likeness (QED) is 0.299. The number of rotatable bonds is 7. The van der Waals surface area contributed by atoms with Crippen LogP contribution in [0.2, 0.25) is 0 Å². The van der Waals surface area contributed by atoms with E-state index in [9.17, 15) is 19.8 Å². The molecule has 0 saturated carbocycles. The zero-order chi connectivity index (χ0) is 24.2. The maximum Gasteiger partial charge on any atom is 0.300 e. The third-order valence-corrected chi connectivity index (χ3v) is 5.51. The average Bonchev–Trinajstić information content (AvgIpc) is 3.11. The molecule has 1 unspecified atom stereocenters. The molecular weight excluding hydrogens is 434 g/mol. The van der Waals surface area contributed by atoms with E-state index >= 15 is 0 Å². The van der Waals surface area contributed by atoms with E-state index in [-0.39, 0.29) is 17.1 Å². The van der Waals surface area contributed by atoms with Crippen molar-refractivity contribution in [3.05, 3.63) is 89.5 Å². The molecule has 2 N–H and O–H groups in total. The van der Waals surface area contributed by atoms with Crippen molar-refractivity contribution in [2.75, 3.05) is 18.1 Å². The molecule has 34 heavy (non-hydrogen) atoms. The SMILES string of the molecule is CCOc1ccc(N2C(=O)C(=O)/C(=C(/O)c3ccccc3)C2c2ccc(O)cc2)cc1OCC. The number of carbonyl (C=O) groups excluding carboxylic acids is 2. The second-order valence-corrected chi connectivity index (χ2v) is 7.62. The van der Waals surface area contributed by atoms with Gasteiger partial charge in [-0.2, -0.15) is 0 Å². The molecule has 0 aliphatic carbocycles. The second kappa shape index (κ2) is 9.70. The third-order valence-electron chi connectivity index (χ3n) is 5.51. The van der Waals surface area contributed by atoms with Crippen molar-refractivity contribution in [2.45, 2.75) is 19.9 Å². The van der Waals surface area contributed by atoms with Gasteiger partial charge in [-0.3, -0.25) is 14.5 Å². The highest BCUT2D eigenvalue weighted by atomic mass is 16.5. The summed E-state index contributed by atoms with van der Waals surface area (Å²) < 4.78 is 11.3. The van der Waals surface area contributed by atoms with Gasteiger partial charge in [0, 0.05) is 17.3 Å². The molecule has 1 atom stereocenters. The fraction of sp³-hybridized carbons (Fsp3) is 0.185. The van der Waals surface area contributed by atoms with Crippen LogP contribution in [0.5, 0.6) is 17.2 Å². The van der Waals surface area contributed by atoms with Crippen molar-refractivity contribution in [2.24, 2.45) is 0 Å². The van der Waals surface area contributed by atoms with Crippen molar-refractivity contribution < 1.29 is 29.3 Å². The lowest BCUT2D eigenvalue weighted by Crippen LogP contribution is -2.29. The second-order valence-electron chi connectivity index (χ2n) is 7.62. The lowest BCUT2D eigenvalue weighted by Gasteiger charge is -2.26. The molecule has 1 fully saturated rings. The zero-order valence-corrected chi connectivity index (χ0v) is 18.9. The Labute approximate surface area is 197 Å². The maximum atomic E-state index is 13.3. The van der Waals surface area contributed by atoms with Crippen molar-refractivity contribution >= 4 is 23.1 Å². The minimum absolute atomic E-state index is 0.0336. The van der Waals surface area contributed by atoms with Crippen LogP contribution >= 0.6 is 0 Å². The molecule has 3 aromatic carbocycles. The molecule has 0 aromatic heterocycles. The highest BCUT2D eigenvalue weighted by Crippen LogP contribution is 2.44. The van der Waals surface area contributed by atoms with Gasteiger partial charge in [-0.25, -0.2) is 0 Å². The number of ether oxygens (including phenoxy) is 2. The largest absolute Gasteiger partial charge is 0.508 e. The Kier molecular flexibility index (Phi) is 6.54. The number of ketones is 1. The highest BCUT2D eigenvalue weighted by Gasteiger charge is 2.47. The first kappa shape index (κ1) is 22.9. The Morgan fingerprint density at radius 3 is 2.18 bits per heavy atom. The van der Waals surface area contributed by atoms with Gasteiger partial charge in [0.2, 0.25) is 0 Å². The number of benzene rings is 3. The normalized spacial score (nSPS) is 17.1. The fourth-order valence-electron chi connectivity index (χ4n) is 4.01. The lowest BCUT2D eigenvalue weighted by atomic mass is 9.95. The van der Waals surface area contributed by atoms with E-state index in [1.165, 1.54) is 17.0 Å². The van der Waals surface area contributed by atoms with Crippen LogP contribution in [-0.2, 0) is 9.59 Å². The van der Waals surface area contributed by atoms with Crippen molar-refractivity contribution in [1.29, 1.82) is 0 Å². The van der Waals surface area contributed by atoms with Gasteiger partial charge in [0.25, 0.3) is 11.7 Å². The highest BCUT2D eigenvalue weighted by molar-refractivity contribution is 6.51. The van der Waals surface area contributed by atoms with Crippen LogP contribution in [0.4, 0.5) is 5.69 Å². The van der Waals surface area contributed by atoms with Crippen LogP contribution in [-0.4, -0.2) is 35.1 Å². The molecule has 1 heterocycles. The van der Waals surface area contributed by atoms with E-state index in [1.807, 2.05) is 13.8 Å². The molecule has 0 spiro atoms. The number of nitrogens with zero attached hydrogens (tertiary/aromatic N) is 1. The molecule has 7 nitrogen and oxygen atoms in total. The Morgan fingerprint density at radius 2 is 1.53 bits per heavy atom. The number of aliphatic hydroxyl groups is 1. The monoisotopic (exact) mass is 459 g/mol. The number of Topliss-reactive ketones (excluding diaryl/α,β-unsaturated/α-hetero) is 1. The van der Waals surface area contributed by atoms with E-state index in [0.717, 1.165) is 0 Å². The average molecular weight is 459 g/mol. The van der Waals surface area contributed by atoms with Crippen LogP contribution in [0, 0.1) is 0 Å². The van der Waals surface area contributed by atoms with Crippen molar-refractivity contribution in [1.82, 2.24) is 0 Å². The Bertz CT molecular complexity index is 1230. The van der Waals surface area contributed by atoms with Crippen LogP contribution in [0.1, 0.15) is 31.0 Å². The number of carbonyl (C=O) groups is 2. The summed E-state index contributed by atoms with van der Waals surface area (Å²) in [6.07, 6.45) is 0. The predicted molar refractivity (Wildman–Crippen MR) is 128 cm³/mol. The smallest absolute Gasteiger partial charge is 0.300 e. The zero-order valence-electron chi connectivity index (χ0n) is 18.9. The minimum atomic E-state index is -0.909. The summed E-state index contributed by atoms with van der Waals surface area (Å²) in [4.78, 5) is 27.8. The number of amides is 1. The molecule has 4 rings (SSSR count). The van der Waals surface area contributed by atoms with Gasteiger partial charge < -0.3 is 19.7 Å². The van der Waals surface area contributed by atoms with E-state index in [2.05, 4.69) is 0 Å². The standard InChI is InChI=1S/C27H25NO6/c1-3-33-21-15-12-19(16-22(21)34-4-2)28-24(17-10-13-20(29)14-11-17)23(26(31)27(28)32)25(30)18-8-6-5-7-9-18/h5-16,24,29-30H,3-4H2,1-2H3/b25-23+. The van der Waals surface area contributed by atoms with E-state index in [4.69, 9.17) is 9.47 Å².